The summed E-state index contributed by atoms with van der Waals surface area (Å²) in [4.78, 5) is 39.6. The molecule has 2 saturated heterocycles. The maximum Gasteiger partial charge on any atom is 0.348 e. The maximum absolute atomic E-state index is 14.7. The number of para-hydroxylation sites is 1. The van der Waals surface area contributed by atoms with Gasteiger partial charge in [-0.3, -0.25) is 4.90 Å². The van der Waals surface area contributed by atoms with Gasteiger partial charge in [-0.15, -0.1) is 11.3 Å². The lowest BCUT2D eigenvalue weighted by Crippen LogP contribution is -2.49. The number of halogens is 3. The molecule has 0 N–H and O–H groups in total. The van der Waals surface area contributed by atoms with E-state index in [1.807, 2.05) is 64.1 Å². The van der Waals surface area contributed by atoms with Crippen molar-refractivity contribution >= 4 is 50.7 Å². The van der Waals surface area contributed by atoms with E-state index in [1.54, 1.807) is 51.2 Å². The van der Waals surface area contributed by atoms with Gasteiger partial charge < -0.3 is 42.8 Å². The quantitative estimate of drug-likeness (QED) is 0.113. The summed E-state index contributed by atoms with van der Waals surface area (Å²) in [5.74, 6) is 0.684. The predicted octanol–water partition coefficient (Wildman–Crippen LogP) is 11.4. The first-order valence-electron chi connectivity index (χ1n) is 25.6. The Labute approximate surface area is 461 Å². The standard InChI is InChI=1S/C58H61Cl2FN6O9S/c1-33-46-34(2)50(60)51(49(33)59)73-40(27-67-23-21-66(8)22-24-67)29-69-39-17-18-43(70-28-38-19-20-62-53(65-38)42-11-9-10-12-44(42)71-30-41-31-72-58(6,7)75-41)36(25-39)26-45(56(68)76-57(3,4)5)74-54-48-47(46)52(77-55(48)64-32-63-54)35-13-15-37(61)16-14-35/h9-20,25,32,40-41,45H,21-24,26-31H2,1-8H3/t40-,41+,45-/m1/s1. The molecule has 0 spiro atoms. The van der Waals surface area contributed by atoms with Crippen LogP contribution in [0.5, 0.6) is 28.9 Å². The lowest BCUT2D eigenvalue weighted by Gasteiger charge is -2.35. The van der Waals surface area contributed by atoms with Crippen molar-refractivity contribution in [2.75, 3.05) is 59.6 Å². The number of piperazine rings is 1. The third-order valence-electron chi connectivity index (χ3n) is 13.5. The monoisotopic (exact) mass is 1110 g/mol. The van der Waals surface area contributed by atoms with Gasteiger partial charge in [-0.1, -0.05) is 47.5 Å². The second-order valence-electron chi connectivity index (χ2n) is 20.9. The fourth-order valence-corrected chi connectivity index (χ4v) is 11.3. The van der Waals surface area contributed by atoms with Crippen molar-refractivity contribution in [3.8, 4) is 61.8 Å². The largest absolute Gasteiger partial charge is 0.490 e. The summed E-state index contributed by atoms with van der Waals surface area (Å²) in [6.45, 7) is 17.8. The molecule has 11 rings (SSSR count). The van der Waals surface area contributed by atoms with Crippen molar-refractivity contribution in [1.29, 1.82) is 0 Å². The molecular weight excluding hydrogens is 1050 g/mol. The lowest BCUT2D eigenvalue weighted by molar-refractivity contribution is -0.163. The molecule has 4 bridgehead atoms. The van der Waals surface area contributed by atoms with Crippen LogP contribution >= 0.6 is 34.5 Å². The molecule has 19 heteroatoms. The topological polar surface area (TPSA) is 149 Å². The fourth-order valence-electron chi connectivity index (χ4n) is 9.64. The number of carbonyl (C=O) groups is 1. The van der Waals surface area contributed by atoms with Crippen molar-refractivity contribution in [2.24, 2.45) is 0 Å². The molecule has 4 aliphatic heterocycles. The first-order chi connectivity index (χ1) is 36.9. The van der Waals surface area contributed by atoms with Gasteiger partial charge in [0.15, 0.2) is 17.4 Å². The average Bonchev–Trinajstić information content (AvgIpc) is 4.12. The van der Waals surface area contributed by atoms with Crippen LogP contribution in [0.2, 0.25) is 10.0 Å². The number of nitrogens with zero attached hydrogens (tertiary/aromatic N) is 6. The number of ether oxygens (including phenoxy) is 8. The number of carbonyl (C=O) groups excluding carboxylic acids is 1. The van der Waals surface area contributed by atoms with Gasteiger partial charge in [0.1, 0.15) is 71.9 Å². The zero-order chi connectivity index (χ0) is 54.2. The molecule has 0 radical (unpaired) electrons. The molecule has 0 unspecified atom stereocenters. The number of esters is 1. The van der Waals surface area contributed by atoms with E-state index in [0.717, 1.165) is 31.1 Å². The summed E-state index contributed by atoms with van der Waals surface area (Å²) in [7, 11) is 2.11. The van der Waals surface area contributed by atoms with Crippen molar-refractivity contribution < 1.29 is 47.1 Å². The number of benzene rings is 4. The third-order valence-corrected chi connectivity index (χ3v) is 15.5. The highest BCUT2D eigenvalue weighted by molar-refractivity contribution is 7.22. The van der Waals surface area contributed by atoms with Crippen molar-refractivity contribution in [1.82, 2.24) is 29.7 Å². The van der Waals surface area contributed by atoms with E-state index < -0.39 is 29.6 Å². The van der Waals surface area contributed by atoms with E-state index in [2.05, 4.69) is 21.8 Å². The van der Waals surface area contributed by atoms with E-state index in [9.17, 15) is 9.18 Å². The molecule has 0 amide bonds. The first-order valence-corrected chi connectivity index (χ1v) is 27.2. The maximum atomic E-state index is 14.7. The van der Waals surface area contributed by atoms with Gasteiger partial charge >= 0.3 is 5.97 Å². The first kappa shape index (κ1) is 54.2. The Balaban J connectivity index is 1.06. The van der Waals surface area contributed by atoms with Crippen LogP contribution in [0.1, 0.15) is 57.0 Å². The average molecular weight is 1110 g/mol. The molecule has 4 aromatic carbocycles. The lowest BCUT2D eigenvalue weighted by atomic mass is 9.92. The number of hydrogen-bond donors (Lipinski definition) is 0. The normalized spacial score (nSPS) is 19.0. The van der Waals surface area contributed by atoms with Gasteiger partial charge in [-0.05, 0) is 126 Å². The second kappa shape index (κ2) is 22.7. The molecule has 7 aromatic rings. The van der Waals surface area contributed by atoms with E-state index in [4.69, 9.17) is 76.0 Å². The number of rotatable bonds is 11. The molecule has 3 aromatic heterocycles. The molecule has 77 heavy (non-hydrogen) atoms. The van der Waals surface area contributed by atoms with E-state index in [1.165, 1.54) is 29.8 Å². The van der Waals surface area contributed by atoms with Gasteiger partial charge in [0.2, 0.25) is 12.0 Å². The van der Waals surface area contributed by atoms with Crippen LogP contribution in [0.4, 0.5) is 4.39 Å². The SMILES string of the molecule is Cc1c(Cl)c2c(Cl)c(C)c1-c1c(-c3ccc(F)cc3)sc3ncnc(c13)O[C@@H](C(=O)OC(C)(C)C)Cc1cc(ccc1OCc1ccnc(-c3ccccc3OC[C@H]3COC(C)(C)O3)n1)OC[C@@H](CN1CCN(C)CC1)O2. The van der Waals surface area contributed by atoms with Crippen LogP contribution in [-0.2, 0) is 32.0 Å². The number of hydrogen-bond acceptors (Lipinski definition) is 16. The fraction of sp³-hybridized carbons (Fsp3) is 0.397. The Morgan fingerprint density at radius 1 is 0.870 bits per heavy atom. The van der Waals surface area contributed by atoms with Gasteiger partial charge in [0, 0.05) is 61.3 Å². The van der Waals surface area contributed by atoms with Crippen LogP contribution in [0.15, 0.2) is 85.3 Å². The third kappa shape index (κ3) is 12.4. The molecule has 0 saturated carbocycles. The van der Waals surface area contributed by atoms with Gasteiger partial charge in [-0.2, -0.15) is 0 Å². The molecule has 3 atom stereocenters. The zero-order valence-corrected chi connectivity index (χ0v) is 46.6. The smallest absolute Gasteiger partial charge is 0.348 e. The van der Waals surface area contributed by atoms with Crippen LogP contribution in [0.3, 0.4) is 0 Å². The molecule has 0 aliphatic carbocycles. The van der Waals surface area contributed by atoms with Gasteiger partial charge in [-0.25, -0.2) is 29.1 Å². The molecule has 7 heterocycles. The van der Waals surface area contributed by atoms with Crippen LogP contribution < -0.4 is 23.7 Å². The number of aromatic nitrogens is 4. The number of fused-ring (bicyclic) bond motifs is 7. The molecule has 2 fully saturated rings. The van der Waals surface area contributed by atoms with Crippen LogP contribution in [0, 0.1) is 19.7 Å². The molecular formula is C58H61Cl2FN6O9S. The van der Waals surface area contributed by atoms with Gasteiger partial charge in [0.05, 0.1) is 33.3 Å². The van der Waals surface area contributed by atoms with E-state index >= 15 is 0 Å². The highest BCUT2D eigenvalue weighted by Gasteiger charge is 2.35. The Hall–Kier alpha value is -6.18. The highest BCUT2D eigenvalue weighted by atomic mass is 35.5. The summed E-state index contributed by atoms with van der Waals surface area (Å²) in [6.07, 6.45) is 0.957. The second-order valence-corrected chi connectivity index (χ2v) is 22.7. The van der Waals surface area contributed by atoms with Gasteiger partial charge in [0.25, 0.3) is 0 Å². The minimum absolute atomic E-state index is 0.0292. The summed E-state index contributed by atoms with van der Waals surface area (Å²) >= 11 is 16.2. The van der Waals surface area contributed by atoms with Crippen molar-refractivity contribution in [3.05, 3.63) is 124 Å². The number of likely N-dealkylation sites (N-methyl/N-ethyl adjacent to an activating group) is 1. The Bertz CT molecular complexity index is 3270. The van der Waals surface area contributed by atoms with Crippen molar-refractivity contribution in [2.45, 2.75) is 91.2 Å². The molecule has 404 valence electrons. The summed E-state index contributed by atoms with van der Waals surface area (Å²) < 4.78 is 65.8. The minimum Gasteiger partial charge on any atom is -0.490 e. The zero-order valence-electron chi connectivity index (χ0n) is 44.3. The minimum atomic E-state index is -1.29. The molecule has 15 nitrogen and oxygen atoms in total. The summed E-state index contributed by atoms with van der Waals surface area (Å²) in [6, 6.07) is 21.0. The summed E-state index contributed by atoms with van der Waals surface area (Å²) in [5, 5.41) is 1.12. The Kier molecular flexibility index (Phi) is 15.9. The Morgan fingerprint density at radius 3 is 2.35 bits per heavy atom. The van der Waals surface area contributed by atoms with E-state index in [-0.39, 0.29) is 44.0 Å². The van der Waals surface area contributed by atoms with Crippen LogP contribution in [-0.4, -0.2) is 125 Å². The molecule has 4 aliphatic rings. The van der Waals surface area contributed by atoms with Crippen LogP contribution in [0.25, 0.3) is 43.2 Å². The van der Waals surface area contributed by atoms with Crippen molar-refractivity contribution in [3.63, 3.8) is 0 Å². The summed E-state index contributed by atoms with van der Waals surface area (Å²) in [5.41, 5.74) is 4.34. The van der Waals surface area contributed by atoms with E-state index in [0.29, 0.717) is 107 Å². The highest BCUT2D eigenvalue weighted by Crippen LogP contribution is 2.53. The Morgan fingerprint density at radius 2 is 1.62 bits per heavy atom. The predicted molar refractivity (Wildman–Crippen MR) is 294 cm³/mol. The number of thiophene rings is 1.